The van der Waals surface area contributed by atoms with Crippen molar-refractivity contribution < 1.29 is 14.4 Å². The fourth-order valence-electron chi connectivity index (χ4n) is 6.08. The number of carbonyl (C=O) groups excluding carboxylic acids is 3. The minimum atomic E-state index is -0.492. The number of benzene rings is 1. The van der Waals surface area contributed by atoms with Crippen molar-refractivity contribution in [3.63, 3.8) is 0 Å². The van der Waals surface area contributed by atoms with E-state index < -0.39 is 5.41 Å². The third-order valence-electron chi connectivity index (χ3n) is 7.24. The number of nitrogens with one attached hydrogen (secondary N) is 3. The quantitative estimate of drug-likeness (QED) is 0.634. The van der Waals surface area contributed by atoms with E-state index in [2.05, 4.69) is 16.0 Å². The van der Waals surface area contributed by atoms with Crippen molar-refractivity contribution >= 4 is 29.1 Å². The Labute approximate surface area is 184 Å². The topological polar surface area (TPSA) is 87.3 Å². The molecule has 4 bridgehead atoms. The minimum Gasteiger partial charge on any atom is -0.355 e. The molecule has 0 heterocycles. The zero-order valence-electron chi connectivity index (χ0n) is 18.9. The predicted molar refractivity (Wildman–Crippen MR) is 121 cm³/mol. The second-order valence-corrected chi connectivity index (χ2v) is 11.0. The Morgan fingerprint density at radius 1 is 0.935 bits per heavy atom. The highest BCUT2D eigenvalue weighted by Crippen LogP contribution is 2.60. The first-order valence-corrected chi connectivity index (χ1v) is 11.6. The van der Waals surface area contributed by atoms with Gasteiger partial charge in [-0.05, 0) is 74.5 Å². The Hall–Kier alpha value is -2.37. The van der Waals surface area contributed by atoms with Crippen molar-refractivity contribution in [3.8, 4) is 0 Å². The lowest BCUT2D eigenvalue weighted by molar-refractivity contribution is -0.146. The highest BCUT2D eigenvalue weighted by atomic mass is 16.2. The van der Waals surface area contributed by atoms with E-state index in [4.69, 9.17) is 0 Å². The maximum atomic E-state index is 13.0. The van der Waals surface area contributed by atoms with E-state index in [0.29, 0.717) is 17.9 Å². The second-order valence-electron chi connectivity index (χ2n) is 11.0. The first-order chi connectivity index (χ1) is 14.6. The third kappa shape index (κ3) is 4.94. The van der Waals surface area contributed by atoms with Gasteiger partial charge in [-0.2, -0.15) is 0 Å². The van der Waals surface area contributed by atoms with Crippen molar-refractivity contribution in [1.29, 1.82) is 0 Å². The van der Waals surface area contributed by atoms with Crippen LogP contribution in [0.3, 0.4) is 0 Å². The first-order valence-electron chi connectivity index (χ1n) is 11.6. The molecule has 0 radical (unpaired) electrons. The van der Waals surface area contributed by atoms with Crippen molar-refractivity contribution in [1.82, 2.24) is 5.32 Å². The molecular weight excluding hydrogens is 390 g/mol. The highest BCUT2D eigenvalue weighted by Gasteiger charge is 2.54. The third-order valence-corrected chi connectivity index (χ3v) is 7.24. The molecule has 0 spiro atoms. The lowest BCUT2D eigenvalue weighted by Gasteiger charge is -2.55. The highest BCUT2D eigenvalue weighted by molar-refractivity contribution is 5.96. The molecule has 6 heteroatoms. The van der Waals surface area contributed by atoms with Gasteiger partial charge in [0.1, 0.15) is 0 Å². The van der Waals surface area contributed by atoms with E-state index in [9.17, 15) is 14.4 Å². The summed E-state index contributed by atoms with van der Waals surface area (Å²) < 4.78 is 0. The second kappa shape index (κ2) is 8.29. The van der Waals surface area contributed by atoms with E-state index in [1.165, 1.54) is 19.3 Å². The average molecular weight is 426 g/mol. The molecule has 3 amide bonds. The summed E-state index contributed by atoms with van der Waals surface area (Å²) in [6.45, 7) is 5.91. The average Bonchev–Trinajstić information content (AvgIpc) is 2.66. The Kier molecular flexibility index (Phi) is 5.84. The van der Waals surface area contributed by atoms with Crippen LogP contribution < -0.4 is 16.0 Å². The minimum absolute atomic E-state index is 0.0802. The number of anilines is 2. The summed E-state index contributed by atoms with van der Waals surface area (Å²) in [5, 5.41) is 8.79. The molecule has 4 saturated carbocycles. The summed E-state index contributed by atoms with van der Waals surface area (Å²) >= 11 is 0. The molecule has 0 saturated heterocycles. The molecule has 31 heavy (non-hydrogen) atoms. The van der Waals surface area contributed by atoms with Gasteiger partial charge in [0.05, 0.1) is 0 Å². The van der Waals surface area contributed by atoms with Gasteiger partial charge >= 0.3 is 0 Å². The van der Waals surface area contributed by atoms with Crippen LogP contribution in [0.2, 0.25) is 0 Å². The summed E-state index contributed by atoms with van der Waals surface area (Å²) in [5.41, 5.74) is 0.607. The molecule has 4 aliphatic carbocycles. The summed E-state index contributed by atoms with van der Waals surface area (Å²) in [6.07, 6.45) is 7.26. The normalized spacial score (nSPS) is 28.8. The summed E-state index contributed by atoms with van der Waals surface area (Å²) in [5.74, 6) is 2.11. The number of amides is 3. The van der Waals surface area contributed by atoms with Gasteiger partial charge in [-0.1, -0.05) is 26.8 Å². The SMILES string of the molecule is CC(C)(C)C(=O)Nc1cccc(NC(=O)CCNC(=O)C23CC4CC(CC(C4)C2)C3)c1. The van der Waals surface area contributed by atoms with Gasteiger partial charge in [0.25, 0.3) is 0 Å². The molecule has 4 fully saturated rings. The van der Waals surface area contributed by atoms with E-state index >= 15 is 0 Å². The molecule has 6 nitrogen and oxygen atoms in total. The molecule has 3 N–H and O–H groups in total. The summed E-state index contributed by atoms with van der Waals surface area (Å²) in [6, 6.07) is 7.13. The molecule has 0 aliphatic heterocycles. The van der Waals surface area contributed by atoms with Crippen LogP contribution >= 0.6 is 0 Å². The first kappa shape index (κ1) is 21.8. The zero-order chi connectivity index (χ0) is 22.2. The fraction of sp³-hybridized carbons (Fsp3) is 0.640. The Balaban J connectivity index is 1.25. The van der Waals surface area contributed by atoms with E-state index in [1.807, 2.05) is 20.8 Å². The van der Waals surface area contributed by atoms with Gasteiger partial charge in [0.2, 0.25) is 17.7 Å². The van der Waals surface area contributed by atoms with Crippen molar-refractivity contribution in [3.05, 3.63) is 24.3 Å². The zero-order valence-corrected chi connectivity index (χ0v) is 18.9. The molecule has 1 aromatic carbocycles. The predicted octanol–water partition coefficient (Wildman–Crippen LogP) is 4.33. The smallest absolute Gasteiger partial charge is 0.229 e. The van der Waals surface area contributed by atoms with Crippen molar-refractivity contribution in [2.45, 2.75) is 65.7 Å². The summed E-state index contributed by atoms with van der Waals surface area (Å²) in [7, 11) is 0. The molecule has 4 aliphatic rings. The van der Waals surface area contributed by atoms with Gasteiger partial charge < -0.3 is 16.0 Å². The van der Waals surface area contributed by atoms with Crippen LogP contribution in [0.4, 0.5) is 11.4 Å². The Bertz CT molecular complexity index is 836. The van der Waals surface area contributed by atoms with Gasteiger partial charge in [0.15, 0.2) is 0 Å². The van der Waals surface area contributed by atoms with Gasteiger partial charge in [-0.25, -0.2) is 0 Å². The standard InChI is InChI=1S/C25H35N3O3/c1-24(2,3)22(30)28-20-6-4-5-19(12-20)27-21(29)7-8-26-23(31)25-13-16-9-17(14-25)11-18(10-16)15-25/h4-6,12,16-18H,7-11,13-15H2,1-3H3,(H,26,31)(H,27,29)(H,28,30). The summed E-state index contributed by atoms with van der Waals surface area (Å²) in [4.78, 5) is 37.5. The van der Waals surface area contributed by atoms with Crippen LogP contribution in [0.5, 0.6) is 0 Å². The van der Waals surface area contributed by atoms with E-state index in [0.717, 1.165) is 37.0 Å². The molecule has 1 aromatic rings. The lowest BCUT2D eigenvalue weighted by Crippen LogP contribution is -2.53. The Morgan fingerprint density at radius 2 is 1.48 bits per heavy atom. The fourth-order valence-corrected chi connectivity index (χ4v) is 6.08. The lowest BCUT2D eigenvalue weighted by atomic mass is 9.49. The molecule has 0 atom stereocenters. The Morgan fingerprint density at radius 3 is 2.03 bits per heavy atom. The molecule has 0 aromatic heterocycles. The molecule has 0 unspecified atom stereocenters. The largest absolute Gasteiger partial charge is 0.355 e. The van der Waals surface area contributed by atoms with Gasteiger partial charge in [-0.3, -0.25) is 14.4 Å². The van der Waals surface area contributed by atoms with Crippen LogP contribution in [-0.2, 0) is 14.4 Å². The van der Waals surface area contributed by atoms with Gasteiger partial charge in [-0.15, -0.1) is 0 Å². The van der Waals surface area contributed by atoms with Crippen molar-refractivity contribution in [2.24, 2.45) is 28.6 Å². The van der Waals surface area contributed by atoms with E-state index in [1.54, 1.807) is 24.3 Å². The molecule has 5 rings (SSSR count). The van der Waals surface area contributed by atoms with Crippen LogP contribution in [0.25, 0.3) is 0 Å². The number of carbonyl (C=O) groups is 3. The maximum absolute atomic E-state index is 13.0. The number of rotatable bonds is 6. The van der Waals surface area contributed by atoms with Crippen LogP contribution in [0, 0.1) is 28.6 Å². The monoisotopic (exact) mass is 425 g/mol. The van der Waals surface area contributed by atoms with Crippen LogP contribution in [0.1, 0.15) is 65.7 Å². The molecular formula is C25H35N3O3. The van der Waals surface area contributed by atoms with E-state index in [-0.39, 0.29) is 29.6 Å². The van der Waals surface area contributed by atoms with Crippen molar-refractivity contribution in [2.75, 3.05) is 17.2 Å². The number of hydrogen-bond acceptors (Lipinski definition) is 3. The van der Waals surface area contributed by atoms with Crippen LogP contribution in [0.15, 0.2) is 24.3 Å². The number of hydrogen-bond donors (Lipinski definition) is 3. The maximum Gasteiger partial charge on any atom is 0.229 e. The van der Waals surface area contributed by atoms with Crippen LogP contribution in [-0.4, -0.2) is 24.3 Å². The molecule has 168 valence electrons. The van der Waals surface area contributed by atoms with Gasteiger partial charge in [0, 0.05) is 35.2 Å².